The van der Waals surface area contributed by atoms with E-state index in [0.29, 0.717) is 5.33 Å². The van der Waals surface area contributed by atoms with Crippen molar-refractivity contribution in [2.45, 2.75) is 19.4 Å². The molecule has 0 N–H and O–H groups in total. The van der Waals surface area contributed by atoms with Crippen molar-refractivity contribution in [3.8, 4) is 0 Å². The van der Waals surface area contributed by atoms with E-state index in [9.17, 15) is 13.6 Å². The van der Waals surface area contributed by atoms with Gasteiger partial charge >= 0.3 is 0 Å². The summed E-state index contributed by atoms with van der Waals surface area (Å²) in [5, 5.41) is 0.620. The zero-order valence-corrected chi connectivity index (χ0v) is 11.3. The summed E-state index contributed by atoms with van der Waals surface area (Å²) >= 11 is 3.26. The number of nitrogens with zero attached hydrogens (tertiary/aromatic N) is 1. The number of alkyl halides is 1. The second-order valence-corrected chi connectivity index (χ2v) is 4.53. The van der Waals surface area contributed by atoms with Crippen LogP contribution in [-0.4, -0.2) is 29.2 Å². The Hall–Kier alpha value is -0.970. The van der Waals surface area contributed by atoms with E-state index < -0.39 is 11.6 Å². The maximum Gasteiger partial charge on any atom is 0.227 e. The summed E-state index contributed by atoms with van der Waals surface area (Å²) in [6.45, 7) is 1.85. The second kappa shape index (κ2) is 6.10. The number of amides is 1. The monoisotopic (exact) mass is 305 g/mol. The van der Waals surface area contributed by atoms with Crippen molar-refractivity contribution < 1.29 is 13.6 Å². The third-order valence-corrected chi connectivity index (χ3v) is 3.60. The van der Waals surface area contributed by atoms with E-state index in [0.717, 1.165) is 12.1 Å². The Kier molecular flexibility index (Phi) is 5.05. The van der Waals surface area contributed by atoms with Crippen molar-refractivity contribution in [1.82, 2.24) is 4.90 Å². The highest BCUT2D eigenvalue weighted by molar-refractivity contribution is 9.09. The first-order valence-electron chi connectivity index (χ1n) is 5.22. The molecule has 1 amide bonds. The number of hydrogen-bond donors (Lipinski definition) is 0. The molecule has 0 radical (unpaired) electrons. The molecular weight excluding hydrogens is 292 g/mol. The average Bonchev–Trinajstić information content (AvgIpc) is 2.31. The lowest BCUT2D eigenvalue weighted by atomic mass is 10.1. The van der Waals surface area contributed by atoms with E-state index in [1.165, 1.54) is 11.0 Å². The summed E-state index contributed by atoms with van der Waals surface area (Å²) < 4.78 is 26.7. The highest BCUT2D eigenvalue weighted by Crippen LogP contribution is 2.14. The van der Waals surface area contributed by atoms with Crippen LogP contribution in [-0.2, 0) is 11.2 Å². The molecule has 94 valence electrons. The predicted molar refractivity (Wildman–Crippen MR) is 66.1 cm³/mol. The highest BCUT2D eigenvalue weighted by Gasteiger charge is 2.18. The molecule has 0 heterocycles. The molecule has 5 heteroatoms. The van der Waals surface area contributed by atoms with Crippen molar-refractivity contribution in [2.75, 3.05) is 12.4 Å². The molecule has 1 aromatic carbocycles. The standard InChI is InChI=1S/C12H14BrF2NO/c1-8(7-13)16(2)12(17)6-9-10(14)4-3-5-11(9)15/h3-5,8H,6-7H2,1-2H3. The fourth-order valence-corrected chi connectivity index (χ4v) is 1.76. The lowest BCUT2D eigenvalue weighted by Crippen LogP contribution is -2.37. The molecule has 0 spiro atoms. The SMILES string of the molecule is CC(CBr)N(C)C(=O)Cc1c(F)cccc1F. The normalized spacial score (nSPS) is 12.3. The summed E-state index contributed by atoms with van der Waals surface area (Å²) in [6, 6.07) is 3.57. The fraction of sp³-hybridized carbons (Fsp3) is 0.417. The second-order valence-electron chi connectivity index (χ2n) is 3.88. The van der Waals surface area contributed by atoms with Gasteiger partial charge in [-0.15, -0.1) is 0 Å². The summed E-state index contributed by atoms with van der Waals surface area (Å²) in [7, 11) is 1.62. The number of halogens is 3. The quantitative estimate of drug-likeness (QED) is 0.783. The largest absolute Gasteiger partial charge is 0.342 e. The average molecular weight is 306 g/mol. The summed E-state index contributed by atoms with van der Waals surface area (Å²) in [6.07, 6.45) is -0.258. The van der Waals surface area contributed by atoms with Crippen molar-refractivity contribution in [1.29, 1.82) is 0 Å². The van der Waals surface area contributed by atoms with Gasteiger partial charge in [-0.1, -0.05) is 22.0 Å². The van der Waals surface area contributed by atoms with E-state index in [1.54, 1.807) is 7.05 Å². The number of benzene rings is 1. The van der Waals surface area contributed by atoms with Crippen LogP contribution < -0.4 is 0 Å². The number of carbonyl (C=O) groups excluding carboxylic acids is 1. The number of rotatable bonds is 4. The molecule has 0 saturated heterocycles. The number of hydrogen-bond acceptors (Lipinski definition) is 1. The molecular formula is C12H14BrF2NO. The maximum absolute atomic E-state index is 13.3. The number of likely N-dealkylation sites (N-methyl/N-ethyl adjacent to an activating group) is 1. The Bertz CT molecular complexity index is 391. The fourth-order valence-electron chi connectivity index (χ4n) is 1.33. The molecule has 2 nitrogen and oxygen atoms in total. The Morgan fingerprint density at radius 2 is 1.94 bits per heavy atom. The maximum atomic E-state index is 13.3. The van der Waals surface area contributed by atoms with E-state index in [1.807, 2.05) is 6.92 Å². The molecule has 0 aliphatic rings. The minimum Gasteiger partial charge on any atom is -0.342 e. The van der Waals surface area contributed by atoms with Gasteiger partial charge in [0, 0.05) is 24.0 Å². The summed E-state index contributed by atoms with van der Waals surface area (Å²) in [5.41, 5.74) is -0.175. The van der Waals surface area contributed by atoms with Crippen LogP contribution in [0.3, 0.4) is 0 Å². The van der Waals surface area contributed by atoms with E-state index in [-0.39, 0.29) is 23.9 Å². The van der Waals surface area contributed by atoms with Gasteiger partial charge < -0.3 is 4.90 Å². The molecule has 0 aromatic heterocycles. The topological polar surface area (TPSA) is 20.3 Å². The van der Waals surface area contributed by atoms with Crippen LogP contribution in [0.2, 0.25) is 0 Å². The molecule has 0 bridgehead atoms. The molecule has 1 unspecified atom stereocenters. The van der Waals surface area contributed by atoms with Crippen molar-refractivity contribution in [3.05, 3.63) is 35.4 Å². The van der Waals surface area contributed by atoms with Gasteiger partial charge in [0.05, 0.1) is 6.42 Å². The molecule has 17 heavy (non-hydrogen) atoms. The first-order chi connectivity index (χ1) is 7.97. The lowest BCUT2D eigenvalue weighted by molar-refractivity contribution is -0.130. The van der Waals surface area contributed by atoms with Gasteiger partial charge in [0.15, 0.2) is 0 Å². The van der Waals surface area contributed by atoms with E-state index in [2.05, 4.69) is 15.9 Å². The van der Waals surface area contributed by atoms with Crippen molar-refractivity contribution in [3.63, 3.8) is 0 Å². The summed E-state index contributed by atoms with van der Waals surface area (Å²) in [5.74, 6) is -1.67. The first kappa shape index (κ1) is 14.1. The van der Waals surface area contributed by atoms with Gasteiger partial charge in [0.1, 0.15) is 11.6 Å². The van der Waals surface area contributed by atoms with Gasteiger partial charge in [0.2, 0.25) is 5.91 Å². The van der Waals surface area contributed by atoms with Gasteiger partial charge in [-0.05, 0) is 19.1 Å². The van der Waals surface area contributed by atoms with Crippen LogP contribution in [0.1, 0.15) is 12.5 Å². The third kappa shape index (κ3) is 3.49. The van der Waals surface area contributed by atoms with Crippen molar-refractivity contribution >= 4 is 21.8 Å². The first-order valence-corrected chi connectivity index (χ1v) is 6.34. The van der Waals surface area contributed by atoms with Gasteiger partial charge in [-0.25, -0.2) is 8.78 Å². The third-order valence-electron chi connectivity index (χ3n) is 2.67. The highest BCUT2D eigenvalue weighted by atomic mass is 79.9. The predicted octanol–water partition coefficient (Wildman–Crippen LogP) is 2.75. The Morgan fingerprint density at radius 1 is 1.41 bits per heavy atom. The minimum atomic E-state index is -0.682. The minimum absolute atomic E-state index is 0.0164. The Balaban J connectivity index is 2.81. The van der Waals surface area contributed by atoms with Gasteiger partial charge in [0.25, 0.3) is 0 Å². The van der Waals surface area contributed by atoms with Crippen LogP contribution >= 0.6 is 15.9 Å². The van der Waals surface area contributed by atoms with E-state index >= 15 is 0 Å². The molecule has 0 saturated carbocycles. The van der Waals surface area contributed by atoms with Crippen LogP contribution in [0.15, 0.2) is 18.2 Å². The van der Waals surface area contributed by atoms with E-state index in [4.69, 9.17) is 0 Å². The van der Waals surface area contributed by atoms with Crippen LogP contribution in [0, 0.1) is 11.6 Å². The molecule has 1 atom stereocenters. The smallest absolute Gasteiger partial charge is 0.227 e. The van der Waals surface area contributed by atoms with Gasteiger partial charge in [-0.3, -0.25) is 4.79 Å². The molecule has 0 fully saturated rings. The van der Waals surface area contributed by atoms with Crippen molar-refractivity contribution in [2.24, 2.45) is 0 Å². The zero-order chi connectivity index (χ0) is 13.0. The van der Waals surface area contributed by atoms with Gasteiger partial charge in [-0.2, -0.15) is 0 Å². The molecule has 0 aliphatic carbocycles. The Labute approximate surface area is 108 Å². The Morgan fingerprint density at radius 3 is 2.41 bits per heavy atom. The number of carbonyl (C=O) groups is 1. The molecule has 0 aliphatic heterocycles. The lowest BCUT2D eigenvalue weighted by Gasteiger charge is -2.23. The summed E-state index contributed by atoms with van der Waals surface area (Å²) in [4.78, 5) is 13.3. The zero-order valence-electron chi connectivity index (χ0n) is 9.71. The molecule has 1 rings (SSSR count). The van der Waals surface area contributed by atoms with Crippen LogP contribution in [0.5, 0.6) is 0 Å². The van der Waals surface area contributed by atoms with Crippen LogP contribution in [0.25, 0.3) is 0 Å². The molecule has 1 aromatic rings. The van der Waals surface area contributed by atoms with Crippen LogP contribution in [0.4, 0.5) is 8.78 Å².